The van der Waals surface area contributed by atoms with E-state index in [0.29, 0.717) is 28.7 Å². The van der Waals surface area contributed by atoms with E-state index in [4.69, 9.17) is 9.97 Å². The van der Waals surface area contributed by atoms with Gasteiger partial charge in [0.25, 0.3) is 0 Å². The van der Waals surface area contributed by atoms with Gasteiger partial charge in [-0.25, -0.2) is 9.97 Å². The van der Waals surface area contributed by atoms with Gasteiger partial charge in [-0.2, -0.15) is 5.26 Å². The first-order valence-electron chi connectivity index (χ1n) is 17.7. The van der Waals surface area contributed by atoms with Crippen molar-refractivity contribution in [2.75, 3.05) is 16.0 Å². The highest BCUT2D eigenvalue weighted by molar-refractivity contribution is 5.94. The molecule has 6 aromatic carbocycles. The highest BCUT2D eigenvalue weighted by Gasteiger charge is 2.20. The summed E-state index contributed by atoms with van der Waals surface area (Å²) < 4.78 is 0. The minimum atomic E-state index is 0.488. The first kappa shape index (κ1) is 34.9. The maximum absolute atomic E-state index is 9.53. The lowest BCUT2D eigenvalue weighted by Crippen LogP contribution is -2.09. The summed E-state index contributed by atoms with van der Waals surface area (Å²) in [7, 11) is 0. The number of rotatable bonds is 12. The van der Waals surface area contributed by atoms with Crippen molar-refractivity contribution in [2.45, 2.75) is 6.92 Å². The molecule has 1 aromatic heterocycles. The third-order valence-electron chi connectivity index (χ3n) is 8.92. The van der Waals surface area contributed by atoms with Crippen molar-refractivity contribution < 1.29 is 0 Å². The fraction of sp³-hybridized carbons (Fsp3) is 0.0208. The minimum absolute atomic E-state index is 0.488. The number of hydrogen-bond donors (Lipinski definition) is 3. The van der Waals surface area contributed by atoms with E-state index in [-0.39, 0.29) is 0 Å². The molecule has 0 unspecified atom stereocenters. The molecule has 7 rings (SSSR count). The minimum Gasteiger partial charge on any atom is -0.349 e. The fourth-order valence-corrected chi connectivity index (χ4v) is 6.20. The summed E-state index contributed by atoms with van der Waals surface area (Å²) in [4.78, 5) is 10.4. The van der Waals surface area contributed by atoms with Gasteiger partial charge in [-0.3, -0.25) is 0 Å². The number of nitriles is 1. The molecule has 7 aromatic rings. The third kappa shape index (κ3) is 8.02. The number of hydrogen-bond acceptors (Lipinski definition) is 6. The van der Waals surface area contributed by atoms with Crippen LogP contribution in [0.2, 0.25) is 0 Å². The lowest BCUT2D eigenvalue weighted by molar-refractivity contribution is 1.17. The van der Waals surface area contributed by atoms with E-state index in [0.717, 1.165) is 56.0 Å². The third-order valence-corrected chi connectivity index (χ3v) is 8.92. The normalized spacial score (nSPS) is 11.1. The van der Waals surface area contributed by atoms with E-state index in [1.165, 1.54) is 0 Å². The van der Waals surface area contributed by atoms with Crippen LogP contribution in [-0.2, 0) is 0 Å². The van der Waals surface area contributed by atoms with Crippen LogP contribution in [0.25, 0.3) is 39.2 Å². The second-order valence-corrected chi connectivity index (χ2v) is 12.5. The highest BCUT2D eigenvalue weighted by atomic mass is 15.1. The molecule has 3 N–H and O–H groups in total. The Morgan fingerprint density at radius 3 is 1.63 bits per heavy atom. The van der Waals surface area contributed by atoms with Crippen LogP contribution in [0.5, 0.6) is 0 Å². The second-order valence-electron chi connectivity index (χ2n) is 12.5. The Balaban J connectivity index is 1.45. The maximum atomic E-state index is 9.53. The van der Waals surface area contributed by atoms with Crippen molar-refractivity contribution in [1.29, 1.82) is 5.26 Å². The van der Waals surface area contributed by atoms with Crippen LogP contribution >= 0.6 is 0 Å². The van der Waals surface area contributed by atoms with Gasteiger partial charge < -0.3 is 16.0 Å². The smallest absolute Gasteiger partial charge is 0.164 e. The number of para-hydroxylation sites is 3. The standard InChI is InChI=1S/C48H38N6/c1-3-4-7-18-34(2)39-23-12-15-26-42(39)51-47-45(50-43-27-16-13-24-40(43)36-19-8-5-9-20-36)48(54-46(53-47)38-31-29-35(33-49)30-32-38)52-44-28-17-14-25-41(44)37-21-10-6-11-22-37/h3-32,50H,1H2,2H3,(H2,51,52,53,54)/b7-4-,34-18+. The van der Waals surface area contributed by atoms with E-state index in [1.807, 2.05) is 103 Å². The Labute approximate surface area is 316 Å². The molecule has 0 spiro atoms. The average Bonchev–Trinajstić information content (AvgIpc) is 3.23. The molecular formula is C48H38N6. The number of allylic oxidation sites excluding steroid dienone is 5. The predicted octanol–water partition coefficient (Wildman–Crippen LogP) is 12.7. The van der Waals surface area contributed by atoms with Crippen LogP contribution in [0.15, 0.2) is 189 Å². The van der Waals surface area contributed by atoms with E-state index >= 15 is 0 Å². The zero-order valence-electron chi connectivity index (χ0n) is 29.9. The molecule has 0 aliphatic carbocycles. The van der Waals surface area contributed by atoms with Crippen LogP contribution in [0.3, 0.4) is 0 Å². The van der Waals surface area contributed by atoms with Crippen LogP contribution in [0.1, 0.15) is 18.1 Å². The molecule has 0 fully saturated rings. The van der Waals surface area contributed by atoms with Crippen LogP contribution < -0.4 is 16.0 Å². The Morgan fingerprint density at radius 1 is 0.556 bits per heavy atom. The van der Waals surface area contributed by atoms with Crippen LogP contribution in [-0.4, -0.2) is 9.97 Å². The molecule has 0 saturated heterocycles. The molecule has 6 nitrogen and oxygen atoms in total. The molecule has 0 atom stereocenters. The molecule has 0 bridgehead atoms. The van der Waals surface area contributed by atoms with Crippen LogP contribution in [0, 0.1) is 11.3 Å². The molecule has 260 valence electrons. The summed E-state index contributed by atoms with van der Waals surface area (Å²) in [5.74, 6) is 1.62. The molecule has 0 saturated carbocycles. The highest BCUT2D eigenvalue weighted by Crippen LogP contribution is 2.41. The largest absolute Gasteiger partial charge is 0.349 e. The van der Waals surface area contributed by atoms with E-state index in [1.54, 1.807) is 18.2 Å². The Morgan fingerprint density at radius 2 is 1.06 bits per heavy atom. The molecule has 0 aliphatic rings. The van der Waals surface area contributed by atoms with E-state index in [2.05, 4.69) is 96.2 Å². The molecular weight excluding hydrogens is 661 g/mol. The lowest BCUT2D eigenvalue weighted by Gasteiger charge is -2.22. The van der Waals surface area contributed by atoms with E-state index in [9.17, 15) is 5.26 Å². The Kier molecular flexibility index (Phi) is 10.8. The topological polar surface area (TPSA) is 85.7 Å². The van der Waals surface area contributed by atoms with Crippen molar-refractivity contribution in [3.63, 3.8) is 0 Å². The summed E-state index contributed by atoms with van der Waals surface area (Å²) in [5.41, 5.74) is 10.9. The summed E-state index contributed by atoms with van der Waals surface area (Å²) in [6.45, 7) is 5.89. The van der Waals surface area contributed by atoms with Gasteiger partial charge in [-0.05, 0) is 66.1 Å². The zero-order chi connectivity index (χ0) is 37.1. The van der Waals surface area contributed by atoms with Crippen LogP contribution in [0.4, 0.5) is 34.4 Å². The first-order chi connectivity index (χ1) is 26.6. The van der Waals surface area contributed by atoms with Gasteiger partial charge in [0.2, 0.25) is 0 Å². The van der Waals surface area contributed by atoms with Gasteiger partial charge in [0.15, 0.2) is 17.5 Å². The van der Waals surface area contributed by atoms with Gasteiger partial charge in [-0.1, -0.05) is 146 Å². The fourth-order valence-electron chi connectivity index (χ4n) is 6.20. The van der Waals surface area contributed by atoms with Crippen molar-refractivity contribution >= 4 is 40.0 Å². The molecule has 0 radical (unpaired) electrons. The van der Waals surface area contributed by atoms with Crippen molar-refractivity contribution in [3.05, 3.63) is 200 Å². The van der Waals surface area contributed by atoms with Crippen molar-refractivity contribution in [3.8, 4) is 39.7 Å². The molecule has 54 heavy (non-hydrogen) atoms. The maximum Gasteiger partial charge on any atom is 0.164 e. The van der Waals surface area contributed by atoms with Gasteiger partial charge >= 0.3 is 0 Å². The van der Waals surface area contributed by atoms with Gasteiger partial charge in [-0.15, -0.1) is 0 Å². The Bertz CT molecular complexity index is 2500. The SMILES string of the molecule is C=C/C=C\C=C(/C)c1ccccc1Nc1nc(-c2ccc(C#N)cc2)nc(Nc2ccccc2-c2ccccc2)c1Nc1ccccc1-c1ccccc1. The second kappa shape index (κ2) is 16.7. The number of benzene rings is 6. The van der Waals surface area contributed by atoms with E-state index < -0.39 is 0 Å². The lowest BCUT2D eigenvalue weighted by atomic mass is 10.0. The molecule has 1 heterocycles. The summed E-state index contributed by atoms with van der Waals surface area (Å²) in [5, 5.41) is 20.7. The monoisotopic (exact) mass is 698 g/mol. The molecule has 6 heteroatoms. The number of anilines is 6. The number of nitrogens with one attached hydrogen (secondary N) is 3. The van der Waals surface area contributed by atoms with Gasteiger partial charge in [0, 0.05) is 39.3 Å². The number of aromatic nitrogens is 2. The summed E-state index contributed by atoms with van der Waals surface area (Å²) >= 11 is 0. The van der Waals surface area contributed by atoms with Gasteiger partial charge in [0.05, 0.1) is 11.6 Å². The predicted molar refractivity (Wildman–Crippen MR) is 225 cm³/mol. The zero-order valence-corrected chi connectivity index (χ0v) is 29.9. The van der Waals surface area contributed by atoms with Crippen molar-refractivity contribution in [2.24, 2.45) is 0 Å². The molecule has 0 amide bonds. The van der Waals surface area contributed by atoms with Gasteiger partial charge in [0.1, 0.15) is 5.69 Å². The van der Waals surface area contributed by atoms with Crippen molar-refractivity contribution in [1.82, 2.24) is 9.97 Å². The summed E-state index contributed by atoms with van der Waals surface area (Å²) in [6.07, 6.45) is 7.71. The Hall–Kier alpha value is -7.49. The summed E-state index contributed by atoms with van der Waals surface area (Å²) in [6, 6.07) is 54.7. The average molecular weight is 699 g/mol. The first-order valence-corrected chi connectivity index (χ1v) is 17.7. The quantitative estimate of drug-likeness (QED) is 0.110. The number of nitrogens with zero attached hydrogens (tertiary/aromatic N) is 3. The molecule has 0 aliphatic heterocycles.